The molecule has 1 heterocycles. The average molecular weight is 284 g/mol. The summed E-state index contributed by atoms with van der Waals surface area (Å²) in [5, 5.41) is 2.34. The molecule has 1 aliphatic rings. The maximum atomic E-state index is 11.9. The SMILES string of the molecule is CNC1CCN(S(=O)(=O)CS(C)(=O)=O)CC1C. The summed E-state index contributed by atoms with van der Waals surface area (Å²) < 4.78 is 47.2. The Hall–Kier alpha value is -0.180. The van der Waals surface area contributed by atoms with E-state index < -0.39 is 24.9 Å². The number of piperidine rings is 1. The van der Waals surface area contributed by atoms with Gasteiger partial charge in [-0.25, -0.2) is 21.1 Å². The van der Waals surface area contributed by atoms with Crippen molar-refractivity contribution in [3.63, 3.8) is 0 Å². The third-order valence-corrected chi connectivity index (χ3v) is 7.02. The lowest BCUT2D eigenvalue weighted by molar-refractivity contribution is 0.228. The highest BCUT2D eigenvalue weighted by molar-refractivity contribution is 8.06. The summed E-state index contributed by atoms with van der Waals surface area (Å²) in [5.74, 6) is 0.183. The van der Waals surface area contributed by atoms with Crippen molar-refractivity contribution < 1.29 is 16.8 Å². The Kier molecular flexibility index (Phi) is 4.56. The number of hydrogen-bond acceptors (Lipinski definition) is 5. The van der Waals surface area contributed by atoms with Crippen molar-refractivity contribution in [2.24, 2.45) is 5.92 Å². The van der Waals surface area contributed by atoms with E-state index in [0.29, 0.717) is 25.6 Å². The van der Waals surface area contributed by atoms with Gasteiger partial charge in [0.1, 0.15) is 0 Å². The van der Waals surface area contributed by atoms with Crippen molar-refractivity contribution in [1.82, 2.24) is 9.62 Å². The fourth-order valence-corrected chi connectivity index (χ4v) is 5.74. The van der Waals surface area contributed by atoms with E-state index in [1.165, 1.54) is 4.31 Å². The molecule has 8 heteroatoms. The number of sulfonamides is 1. The summed E-state index contributed by atoms with van der Waals surface area (Å²) in [5.41, 5.74) is 0. The number of hydrogen-bond donors (Lipinski definition) is 1. The molecule has 2 atom stereocenters. The Bertz CT molecular complexity index is 457. The van der Waals surface area contributed by atoms with Crippen LogP contribution in [0.15, 0.2) is 0 Å². The lowest BCUT2D eigenvalue weighted by Crippen LogP contribution is -2.50. The summed E-state index contributed by atoms with van der Waals surface area (Å²) in [6.45, 7) is 2.72. The first-order valence-corrected chi connectivity index (χ1v) is 9.15. The molecule has 0 aliphatic carbocycles. The minimum atomic E-state index is -3.69. The molecule has 2 unspecified atom stereocenters. The Morgan fingerprint density at radius 3 is 2.29 bits per heavy atom. The van der Waals surface area contributed by atoms with Crippen molar-refractivity contribution in [2.75, 3.05) is 31.5 Å². The molecule has 0 amide bonds. The molecular weight excluding hydrogens is 264 g/mol. The molecule has 1 rings (SSSR count). The first kappa shape index (κ1) is 14.9. The van der Waals surface area contributed by atoms with E-state index in [2.05, 4.69) is 5.32 Å². The predicted molar refractivity (Wildman–Crippen MR) is 66.8 cm³/mol. The second kappa shape index (κ2) is 5.21. The maximum Gasteiger partial charge on any atom is 0.228 e. The predicted octanol–water partition coefficient (Wildman–Crippen LogP) is -0.752. The van der Waals surface area contributed by atoms with Crippen LogP contribution in [0.5, 0.6) is 0 Å². The van der Waals surface area contributed by atoms with Gasteiger partial charge in [0.25, 0.3) is 0 Å². The van der Waals surface area contributed by atoms with Gasteiger partial charge >= 0.3 is 0 Å². The molecule has 1 aliphatic heterocycles. The van der Waals surface area contributed by atoms with Crippen molar-refractivity contribution in [3.8, 4) is 0 Å². The molecule has 1 N–H and O–H groups in total. The molecule has 0 aromatic rings. The van der Waals surface area contributed by atoms with Gasteiger partial charge in [-0.3, -0.25) is 0 Å². The molecular formula is C9H20N2O4S2. The highest BCUT2D eigenvalue weighted by atomic mass is 32.3. The van der Waals surface area contributed by atoms with Crippen LogP contribution in [0.4, 0.5) is 0 Å². The summed E-state index contributed by atoms with van der Waals surface area (Å²) >= 11 is 0. The molecule has 0 spiro atoms. The minimum absolute atomic E-state index is 0.183. The van der Waals surface area contributed by atoms with Gasteiger partial charge < -0.3 is 5.32 Å². The third-order valence-electron chi connectivity index (χ3n) is 3.00. The fourth-order valence-electron chi connectivity index (χ4n) is 2.13. The van der Waals surface area contributed by atoms with Gasteiger partial charge in [0.05, 0.1) is 0 Å². The molecule has 0 aromatic heterocycles. The zero-order valence-corrected chi connectivity index (χ0v) is 12.0. The quantitative estimate of drug-likeness (QED) is 0.734. The maximum absolute atomic E-state index is 11.9. The van der Waals surface area contributed by atoms with E-state index in [-0.39, 0.29) is 5.92 Å². The number of rotatable bonds is 4. The Morgan fingerprint density at radius 1 is 1.29 bits per heavy atom. The van der Waals surface area contributed by atoms with Crippen molar-refractivity contribution in [3.05, 3.63) is 0 Å². The van der Waals surface area contributed by atoms with Gasteiger partial charge in [0.15, 0.2) is 14.9 Å². The van der Waals surface area contributed by atoms with Crippen LogP contribution in [0.1, 0.15) is 13.3 Å². The first-order valence-electron chi connectivity index (χ1n) is 5.48. The highest BCUT2D eigenvalue weighted by Gasteiger charge is 2.33. The van der Waals surface area contributed by atoms with E-state index in [1.54, 1.807) is 0 Å². The smallest absolute Gasteiger partial charge is 0.228 e. The standard InChI is InChI=1S/C9H20N2O4S2/c1-8-6-11(5-4-9(8)10-2)17(14,15)7-16(3,12)13/h8-10H,4-7H2,1-3H3. The molecule has 1 fully saturated rings. The Morgan fingerprint density at radius 2 is 1.88 bits per heavy atom. The molecule has 0 aromatic carbocycles. The van der Waals surface area contributed by atoms with Crippen LogP contribution < -0.4 is 5.32 Å². The van der Waals surface area contributed by atoms with Crippen molar-refractivity contribution in [1.29, 1.82) is 0 Å². The van der Waals surface area contributed by atoms with Gasteiger partial charge in [0, 0.05) is 25.4 Å². The van der Waals surface area contributed by atoms with E-state index in [4.69, 9.17) is 0 Å². The summed E-state index contributed by atoms with van der Waals surface area (Å²) in [7, 11) is -5.35. The van der Waals surface area contributed by atoms with Crippen molar-refractivity contribution >= 4 is 19.9 Å². The summed E-state index contributed by atoms with van der Waals surface area (Å²) in [4.78, 5) is 0. The minimum Gasteiger partial charge on any atom is -0.317 e. The summed E-state index contributed by atoms with van der Waals surface area (Å²) in [6, 6.07) is 0.291. The number of sulfone groups is 1. The Balaban J connectivity index is 2.76. The number of nitrogens with zero attached hydrogens (tertiary/aromatic N) is 1. The van der Waals surface area contributed by atoms with Gasteiger partial charge in [0.2, 0.25) is 10.0 Å². The zero-order valence-electron chi connectivity index (χ0n) is 10.4. The fraction of sp³-hybridized carbons (Fsp3) is 1.00. The molecule has 1 saturated heterocycles. The van der Waals surface area contributed by atoms with Crippen molar-refractivity contribution in [2.45, 2.75) is 19.4 Å². The van der Waals surface area contributed by atoms with Crippen LogP contribution in [-0.4, -0.2) is 58.7 Å². The van der Waals surface area contributed by atoms with Gasteiger partial charge in [-0.1, -0.05) is 6.92 Å². The largest absolute Gasteiger partial charge is 0.317 e. The lowest BCUT2D eigenvalue weighted by atomic mass is 9.96. The zero-order chi connectivity index (χ0) is 13.3. The van der Waals surface area contributed by atoms with Crippen LogP contribution >= 0.6 is 0 Å². The van der Waals surface area contributed by atoms with E-state index in [9.17, 15) is 16.8 Å². The molecule has 102 valence electrons. The monoisotopic (exact) mass is 284 g/mol. The van der Waals surface area contributed by atoms with Crippen LogP contribution in [0.3, 0.4) is 0 Å². The highest BCUT2D eigenvalue weighted by Crippen LogP contribution is 2.19. The van der Waals surface area contributed by atoms with E-state index in [1.807, 2.05) is 14.0 Å². The summed E-state index contributed by atoms with van der Waals surface area (Å²) in [6.07, 6.45) is 1.65. The van der Waals surface area contributed by atoms with Gasteiger partial charge in [-0.15, -0.1) is 0 Å². The molecule has 0 radical (unpaired) electrons. The third kappa shape index (κ3) is 4.20. The van der Waals surface area contributed by atoms with Crippen LogP contribution in [-0.2, 0) is 19.9 Å². The molecule has 17 heavy (non-hydrogen) atoms. The molecule has 6 nitrogen and oxygen atoms in total. The van der Waals surface area contributed by atoms with Gasteiger partial charge in [-0.05, 0) is 19.4 Å². The molecule has 0 saturated carbocycles. The average Bonchev–Trinajstić information content (AvgIpc) is 2.13. The van der Waals surface area contributed by atoms with Crippen LogP contribution in [0.2, 0.25) is 0 Å². The molecule has 0 bridgehead atoms. The first-order chi connectivity index (χ1) is 7.65. The van der Waals surface area contributed by atoms with Crippen LogP contribution in [0, 0.1) is 5.92 Å². The second-order valence-electron chi connectivity index (χ2n) is 4.67. The van der Waals surface area contributed by atoms with E-state index in [0.717, 1.165) is 6.26 Å². The lowest BCUT2D eigenvalue weighted by Gasteiger charge is -2.35. The number of nitrogens with one attached hydrogen (secondary N) is 1. The normalized spacial score (nSPS) is 28.2. The van der Waals surface area contributed by atoms with E-state index >= 15 is 0 Å². The Labute approximate surface area is 103 Å². The van der Waals surface area contributed by atoms with Crippen LogP contribution in [0.25, 0.3) is 0 Å². The van der Waals surface area contributed by atoms with Gasteiger partial charge in [-0.2, -0.15) is 0 Å². The topological polar surface area (TPSA) is 83.6 Å². The second-order valence-corrected chi connectivity index (χ2v) is 9.15.